The topological polar surface area (TPSA) is 129 Å². The molecular weight excluding hydrogens is 492 g/mol. The van der Waals surface area contributed by atoms with Gasteiger partial charge in [0.2, 0.25) is 5.88 Å². The number of carbonyl (C=O) groups is 1. The van der Waals surface area contributed by atoms with Crippen molar-refractivity contribution in [3.05, 3.63) is 96.2 Å². The molecule has 0 fully saturated rings. The number of pyridine rings is 1. The Morgan fingerprint density at radius 1 is 0.949 bits per heavy atom. The Balaban J connectivity index is 1.29. The zero-order chi connectivity index (χ0) is 26.9. The summed E-state index contributed by atoms with van der Waals surface area (Å²) >= 11 is 0. The van der Waals surface area contributed by atoms with Gasteiger partial charge in [-0.3, -0.25) is 9.89 Å². The number of hydrogen-bond donors (Lipinski definition) is 4. The van der Waals surface area contributed by atoms with E-state index in [1.165, 1.54) is 0 Å². The summed E-state index contributed by atoms with van der Waals surface area (Å²) in [5.74, 6) is 1.28. The van der Waals surface area contributed by atoms with E-state index in [0.29, 0.717) is 34.2 Å². The summed E-state index contributed by atoms with van der Waals surface area (Å²) in [6.07, 6.45) is 1.66. The quantitative estimate of drug-likeness (QED) is 0.216. The second kappa shape index (κ2) is 9.79. The molecule has 0 radical (unpaired) electrons. The Labute approximate surface area is 223 Å². The molecule has 0 spiro atoms. The van der Waals surface area contributed by atoms with E-state index in [1.807, 2.05) is 55.5 Å². The maximum absolute atomic E-state index is 13.1. The number of methoxy groups -OCH3 is 1. The van der Waals surface area contributed by atoms with Gasteiger partial charge in [0.05, 0.1) is 29.4 Å². The number of aromatic amines is 2. The Hall–Kier alpha value is -5.44. The Kier molecular flexibility index (Phi) is 6.01. The lowest BCUT2D eigenvalue weighted by atomic mass is 10.0. The number of imidazole rings is 1. The minimum atomic E-state index is -0.290. The number of phenolic OH excluding ortho intramolecular Hbond substituents is 1. The SMILES string of the molecule is COc1ncccc1-c1ccc(O)c(-c2nc3cc(C(=O)Nc4[nH]nc(-c5ccccc5)c4C)ccc3[nH]2)c1. The molecule has 0 aliphatic carbocycles. The molecule has 0 aliphatic heterocycles. The van der Waals surface area contributed by atoms with E-state index in [4.69, 9.17) is 4.74 Å². The number of ether oxygens (including phenoxy) is 1. The maximum Gasteiger partial charge on any atom is 0.256 e. The molecule has 1 amide bonds. The highest BCUT2D eigenvalue weighted by Crippen LogP contribution is 2.36. The molecule has 9 nitrogen and oxygen atoms in total. The van der Waals surface area contributed by atoms with Crippen LogP contribution in [-0.4, -0.2) is 43.3 Å². The first-order chi connectivity index (χ1) is 19.0. The average Bonchev–Trinajstić information content (AvgIpc) is 3.56. The van der Waals surface area contributed by atoms with Crippen molar-refractivity contribution in [1.82, 2.24) is 25.1 Å². The van der Waals surface area contributed by atoms with Crippen LogP contribution < -0.4 is 10.1 Å². The Bertz CT molecular complexity index is 1820. The van der Waals surface area contributed by atoms with Crippen LogP contribution in [0.4, 0.5) is 5.82 Å². The highest BCUT2D eigenvalue weighted by molar-refractivity contribution is 6.06. The third-order valence-corrected chi connectivity index (χ3v) is 6.57. The molecule has 3 aromatic heterocycles. The van der Waals surface area contributed by atoms with Gasteiger partial charge in [-0.15, -0.1) is 0 Å². The molecule has 6 aromatic rings. The van der Waals surface area contributed by atoms with E-state index >= 15 is 0 Å². The van der Waals surface area contributed by atoms with Gasteiger partial charge in [0.1, 0.15) is 17.4 Å². The molecule has 4 N–H and O–H groups in total. The summed E-state index contributed by atoms with van der Waals surface area (Å²) in [6, 6.07) is 24.0. The molecule has 3 aromatic carbocycles. The van der Waals surface area contributed by atoms with E-state index in [1.54, 1.807) is 43.6 Å². The number of fused-ring (bicyclic) bond motifs is 1. The number of aromatic hydroxyl groups is 1. The van der Waals surface area contributed by atoms with Crippen LogP contribution in [0, 0.1) is 6.92 Å². The minimum Gasteiger partial charge on any atom is -0.507 e. The van der Waals surface area contributed by atoms with Crippen molar-refractivity contribution >= 4 is 22.8 Å². The molecule has 39 heavy (non-hydrogen) atoms. The van der Waals surface area contributed by atoms with Gasteiger partial charge in [-0.1, -0.05) is 36.4 Å². The minimum absolute atomic E-state index is 0.0718. The second-order valence-corrected chi connectivity index (χ2v) is 9.00. The smallest absolute Gasteiger partial charge is 0.256 e. The number of H-pyrrole nitrogens is 2. The first kappa shape index (κ1) is 23.9. The van der Waals surface area contributed by atoms with Crippen LogP contribution in [0.5, 0.6) is 11.6 Å². The first-order valence-electron chi connectivity index (χ1n) is 12.3. The molecule has 0 saturated heterocycles. The molecule has 0 atom stereocenters. The van der Waals surface area contributed by atoms with Gasteiger partial charge in [-0.2, -0.15) is 5.10 Å². The van der Waals surface area contributed by atoms with E-state index < -0.39 is 0 Å². The Morgan fingerprint density at radius 2 is 1.79 bits per heavy atom. The monoisotopic (exact) mass is 516 g/mol. The zero-order valence-corrected chi connectivity index (χ0v) is 21.2. The predicted molar refractivity (Wildman–Crippen MR) is 150 cm³/mol. The van der Waals surface area contributed by atoms with E-state index in [0.717, 1.165) is 33.5 Å². The highest BCUT2D eigenvalue weighted by atomic mass is 16.5. The molecule has 9 heteroatoms. The van der Waals surface area contributed by atoms with Crippen molar-refractivity contribution in [3.8, 4) is 45.4 Å². The molecule has 0 saturated carbocycles. The van der Waals surface area contributed by atoms with Crippen molar-refractivity contribution in [2.24, 2.45) is 0 Å². The zero-order valence-electron chi connectivity index (χ0n) is 21.2. The van der Waals surface area contributed by atoms with E-state index in [9.17, 15) is 9.90 Å². The van der Waals surface area contributed by atoms with E-state index in [-0.39, 0.29) is 11.7 Å². The lowest BCUT2D eigenvalue weighted by Gasteiger charge is -2.09. The summed E-state index contributed by atoms with van der Waals surface area (Å²) in [5.41, 5.74) is 6.48. The number of nitrogens with zero attached hydrogens (tertiary/aromatic N) is 3. The highest BCUT2D eigenvalue weighted by Gasteiger charge is 2.17. The lowest BCUT2D eigenvalue weighted by Crippen LogP contribution is -2.12. The fourth-order valence-electron chi connectivity index (χ4n) is 4.52. The fourth-order valence-corrected chi connectivity index (χ4v) is 4.52. The number of amides is 1. The molecular formula is C30H24N6O3. The molecule has 192 valence electrons. The van der Waals surface area contributed by atoms with Crippen LogP contribution >= 0.6 is 0 Å². The third kappa shape index (κ3) is 4.46. The number of aromatic nitrogens is 5. The lowest BCUT2D eigenvalue weighted by molar-refractivity contribution is 0.102. The summed E-state index contributed by atoms with van der Waals surface area (Å²) in [4.78, 5) is 25.3. The van der Waals surface area contributed by atoms with Crippen molar-refractivity contribution < 1.29 is 14.6 Å². The van der Waals surface area contributed by atoms with Crippen molar-refractivity contribution in [2.45, 2.75) is 6.92 Å². The molecule has 3 heterocycles. The molecule has 0 unspecified atom stereocenters. The van der Waals surface area contributed by atoms with Gasteiger partial charge in [-0.05, 0) is 55.0 Å². The number of rotatable bonds is 6. The van der Waals surface area contributed by atoms with Gasteiger partial charge >= 0.3 is 0 Å². The number of hydrogen-bond acceptors (Lipinski definition) is 6. The van der Waals surface area contributed by atoms with Crippen LogP contribution in [-0.2, 0) is 0 Å². The number of carbonyl (C=O) groups excluding carboxylic acids is 1. The summed E-state index contributed by atoms with van der Waals surface area (Å²) in [7, 11) is 1.57. The summed E-state index contributed by atoms with van der Waals surface area (Å²) in [5, 5.41) is 20.8. The standard InChI is InChI=1S/C30H24N6O3/c1-17-26(18-7-4-3-5-8-18)35-36-27(17)34-29(38)20-10-12-23-24(16-20)33-28(32-23)22-15-19(11-13-25(22)37)21-9-6-14-31-30(21)39-2/h3-16,37H,1-2H3,(H,32,33)(H2,34,35,36,38). The van der Waals surface area contributed by atoms with Gasteiger partial charge in [-0.25, -0.2) is 9.97 Å². The average molecular weight is 517 g/mol. The normalized spacial score (nSPS) is 11.0. The van der Waals surface area contributed by atoms with Crippen LogP contribution in [0.25, 0.3) is 44.8 Å². The van der Waals surface area contributed by atoms with Gasteiger partial charge < -0.3 is 20.1 Å². The number of benzene rings is 3. The van der Waals surface area contributed by atoms with Crippen molar-refractivity contribution in [3.63, 3.8) is 0 Å². The fraction of sp³-hybridized carbons (Fsp3) is 0.0667. The van der Waals surface area contributed by atoms with Crippen LogP contribution in [0.1, 0.15) is 15.9 Å². The molecule has 0 bridgehead atoms. The Morgan fingerprint density at radius 3 is 2.62 bits per heavy atom. The first-order valence-corrected chi connectivity index (χ1v) is 12.3. The van der Waals surface area contributed by atoms with Crippen molar-refractivity contribution in [2.75, 3.05) is 12.4 Å². The number of anilines is 1. The van der Waals surface area contributed by atoms with Crippen LogP contribution in [0.15, 0.2) is 85.1 Å². The maximum atomic E-state index is 13.1. The van der Waals surface area contributed by atoms with Crippen molar-refractivity contribution in [1.29, 1.82) is 0 Å². The number of nitrogens with one attached hydrogen (secondary N) is 3. The summed E-state index contributed by atoms with van der Waals surface area (Å²) in [6.45, 7) is 1.91. The molecule has 0 aliphatic rings. The van der Waals surface area contributed by atoms with Gasteiger partial charge in [0.15, 0.2) is 0 Å². The van der Waals surface area contributed by atoms with Crippen LogP contribution in [0.3, 0.4) is 0 Å². The van der Waals surface area contributed by atoms with Crippen LogP contribution in [0.2, 0.25) is 0 Å². The van der Waals surface area contributed by atoms with E-state index in [2.05, 4.69) is 30.5 Å². The second-order valence-electron chi connectivity index (χ2n) is 9.00. The third-order valence-electron chi connectivity index (χ3n) is 6.57. The number of phenols is 1. The largest absolute Gasteiger partial charge is 0.507 e. The van der Waals surface area contributed by atoms with Gasteiger partial charge in [0, 0.05) is 28.5 Å². The molecule has 6 rings (SSSR count). The predicted octanol–water partition coefficient (Wildman–Crippen LogP) is 5.96. The summed E-state index contributed by atoms with van der Waals surface area (Å²) < 4.78 is 5.39. The van der Waals surface area contributed by atoms with Gasteiger partial charge in [0.25, 0.3) is 5.91 Å².